The number of halogens is 1. The minimum Gasteiger partial charge on any atom is -0.296 e. The van der Waals surface area contributed by atoms with E-state index in [1.807, 2.05) is 0 Å². The number of carbonyl (C=O) groups excluding carboxylic acids is 1. The van der Waals surface area contributed by atoms with Crippen LogP contribution in [0, 0.1) is 0 Å². The minimum absolute atomic E-state index is 0.0240. The molecule has 2 N–H and O–H groups in total. The molecule has 13 heteroatoms. The molecular formula is C19H19ClN4O5S3. The van der Waals surface area contributed by atoms with E-state index in [4.69, 9.17) is 11.6 Å². The number of rotatable bonds is 8. The Kier molecular flexibility index (Phi) is 7.30. The number of nitrogens with one attached hydrogen (secondary N) is 2. The van der Waals surface area contributed by atoms with E-state index in [-0.39, 0.29) is 14.4 Å². The summed E-state index contributed by atoms with van der Waals surface area (Å²) >= 11 is 6.51. The van der Waals surface area contributed by atoms with E-state index in [2.05, 4.69) is 20.2 Å². The predicted octanol–water partition coefficient (Wildman–Crippen LogP) is 3.28. The van der Waals surface area contributed by atoms with Crippen LogP contribution in [-0.2, 0) is 19.9 Å². The molecule has 0 spiro atoms. The van der Waals surface area contributed by atoms with E-state index in [9.17, 15) is 21.6 Å². The monoisotopic (exact) mass is 514 g/mol. The van der Waals surface area contributed by atoms with Gasteiger partial charge in [-0.15, -0.1) is 10.2 Å². The molecule has 0 aliphatic heterocycles. The first kappa shape index (κ1) is 24.3. The van der Waals surface area contributed by atoms with Crippen LogP contribution in [0.1, 0.15) is 35.3 Å². The fourth-order valence-corrected chi connectivity index (χ4v) is 5.69. The molecule has 32 heavy (non-hydrogen) atoms. The molecule has 0 saturated heterocycles. The second-order valence-electron chi connectivity index (χ2n) is 6.76. The molecule has 9 nitrogen and oxygen atoms in total. The lowest BCUT2D eigenvalue weighted by Crippen LogP contribution is -2.28. The topological polar surface area (TPSA) is 135 Å². The van der Waals surface area contributed by atoms with Crippen LogP contribution in [0.5, 0.6) is 0 Å². The zero-order valence-electron chi connectivity index (χ0n) is 16.9. The largest absolute Gasteiger partial charge is 0.296 e. The lowest BCUT2D eigenvalue weighted by Gasteiger charge is -2.16. The van der Waals surface area contributed by atoms with Crippen LogP contribution in [-0.4, -0.2) is 39.2 Å². The maximum atomic E-state index is 12.8. The summed E-state index contributed by atoms with van der Waals surface area (Å²) in [5.74, 6) is -0.480. The molecule has 3 rings (SSSR count). The van der Waals surface area contributed by atoms with Gasteiger partial charge in [0.2, 0.25) is 9.47 Å². The van der Waals surface area contributed by atoms with Gasteiger partial charge < -0.3 is 0 Å². The number of amides is 1. The summed E-state index contributed by atoms with van der Waals surface area (Å²) in [6.45, 7) is 1.79. The Balaban J connectivity index is 1.74. The van der Waals surface area contributed by atoms with Crippen molar-refractivity contribution in [3.05, 3.63) is 64.7 Å². The number of sulfone groups is 1. The summed E-state index contributed by atoms with van der Waals surface area (Å²) in [6.07, 6.45) is 1.51. The van der Waals surface area contributed by atoms with Gasteiger partial charge in [-0.1, -0.05) is 42.0 Å². The van der Waals surface area contributed by atoms with Crippen molar-refractivity contribution >= 4 is 53.8 Å². The lowest BCUT2D eigenvalue weighted by atomic mass is 10.1. The SMILES string of the molecule is CC[C@H](NS(=O)(=O)c1nnc(NC(=O)c2ccc(Cl)cc2)s1)c1ccc(S(C)(=O)=O)cc1. The van der Waals surface area contributed by atoms with E-state index >= 15 is 0 Å². The van der Waals surface area contributed by atoms with Crippen LogP contribution in [0.3, 0.4) is 0 Å². The van der Waals surface area contributed by atoms with Gasteiger partial charge in [0.25, 0.3) is 15.9 Å². The first-order chi connectivity index (χ1) is 15.0. The van der Waals surface area contributed by atoms with Gasteiger partial charge >= 0.3 is 0 Å². The summed E-state index contributed by atoms with van der Waals surface area (Å²) in [6, 6.07) is 11.5. The highest BCUT2D eigenvalue weighted by Gasteiger charge is 2.25. The summed E-state index contributed by atoms with van der Waals surface area (Å²) in [4.78, 5) is 12.4. The zero-order valence-corrected chi connectivity index (χ0v) is 20.1. The van der Waals surface area contributed by atoms with Crippen molar-refractivity contribution in [1.82, 2.24) is 14.9 Å². The lowest BCUT2D eigenvalue weighted by molar-refractivity contribution is 0.102. The van der Waals surface area contributed by atoms with Crippen LogP contribution >= 0.6 is 22.9 Å². The van der Waals surface area contributed by atoms with Crippen LogP contribution in [0.4, 0.5) is 5.13 Å². The van der Waals surface area contributed by atoms with Gasteiger partial charge in [-0.25, -0.2) is 21.6 Å². The molecule has 1 atom stereocenters. The van der Waals surface area contributed by atoms with E-state index in [1.165, 1.54) is 24.3 Å². The van der Waals surface area contributed by atoms with Crippen molar-refractivity contribution in [2.24, 2.45) is 0 Å². The van der Waals surface area contributed by atoms with E-state index in [1.54, 1.807) is 31.2 Å². The summed E-state index contributed by atoms with van der Waals surface area (Å²) in [5, 5.41) is 10.4. The molecule has 1 amide bonds. The molecule has 0 bridgehead atoms. The van der Waals surface area contributed by atoms with Gasteiger partial charge in [-0.2, -0.15) is 0 Å². The molecule has 0 aliphatic rings. The minimum atomic E-state index is -4.04. The number of sulfonamides is 1. The summed E-state index contributed by atoms with van der Waals surface area (Å²) in [5.41, 5.74) is 0.931. The third-order valence-corrected chi connectivity index (χ3v) is 8.44. The first-order valence-electron chi connectivity index (χ1n) is 9.22. The van der Waals surface area contributed by atoms with Crippen molar-refractivity contribution in [2.45, 2.75) is 28.6 Å². The molecule has 2 aromatic carbocycles. The van der Waals surface area contributed by atoms with E-state index < -0.39 is 31.8 Å². The number of hydrogen-bond acceptors (Lipinski definition) is 8. The molecular weight excluding hydrogens is 496 g/mol. The smallest absolute Gasteiger partial charge is 0.270 e. The van der Waals surface area contributed by atoms with Gasteiger partial charge in [0, 0.05) is 22.9 Å². The Bertz CT molecular complexity index is 1320. The molecule has 1 aromatic heterocycles. The summed E-state index contributed by atoms with van der Waals surface area (Å²) < 4.78 is 51.0. The quantitative estimate of drug-likeness (QED) is 0.440. The van der Waals surface area contributed by atoms with Gasteiger partial charge in [-0.05, 0) is 48.4 Å². The maximum Gasteiger partial charge on any atom is 0.270 e. The standard InChI is InChI=1S/C19H19ClN4O5S3/c1-3-16(12-6-10-15(11-7-12)31(2,26)27)24-32(28,29)19-23-22-18(30-19)21-17(25)13-4-8-14(20)9-5-13/h4-11,16,24H,3H2,1-2H3,(H,21,22,25)/t16-/m0/s1. The molecule has 170 valence electrons. The highest BCUT2D eigenvalue weighted by Crippen LogP contribution is 2.25. The maximum absolute atomic E-state index is 12.8. The molecule has 0 fully saturated rings. The Morgan fingerprint density at radius 2 is 1.66 bits per heavy atom. The Hall–Kier alpha value is -2.38. The second kappa shape index (κ2) is 9.63. The first-order valence-corrected chi connectivity index (χ1v) is 13.8. The number of hydrogen-bond donors (Lipinski definition) is 2. The number of carbonyl (C=O) groups is 1. The van der Waals surface area contributed by atoms with Crippen molar-refractivity contribution < 1.29 is 21.6 Å². The van der Waals surface area contributed by atoms with Crippen molar-refractivity contribution in [3.63, 3.8) is 0 Å². The third kappa shape index (κ3) is 5.90. The van der Waals surface area contributed by atoms with Crippen molar-refractivity contribution in [3.8, 4) is 0 Å². The second-order valence-corrected chi connectivity index (χ2v) is 12.1. The predicted molar refractivity (Wildman–Crippen MR) is 122 cm³/mol. The van der Waals surface area contributed by atoms with Gasteiger partial charge in [0.1, 0.15) is 0 Å². The molecule has 0 aliphatic carbocycles. The van der Waals surface area contributed by atoms with Crippen LogP contribution in [0.25, 0.3) is 0 Å². The average molecular weight is 515 g/mol. The number of anilines is 1. The number of nitrogens with zero attached hydrogens (tertiary/aromatic N) is 2. The van der Waals surface area contributed by atoms with E-state index in [0.717, 1.165) is 6.26 Å². The number of benzene rings is 2. The highest BCUT2D eigenvalue weighted by molar-refractivity contribution is 7.91. The van der Waals surface area contributed by atoms with Gasteiger partial charge in [-0.3, -0.25) is 10.1 Å². The Morgan fingerprint density at radius 3 is 2.22 bits per heavy atom. The molecule has 1 heterocycles. The zero-order chi connectivity index (χ0) is 23.5. The van der Waals surface area contributed by atoms with E-state index in [0.29, 0.717) is 33.9 Å². The van der Waals surface area contributed by atoms with Crippen LogP contribution in [0.2, 0.25) is 5.02 Å². The molecule has 3 aromatic rings. The Morgan fingerprint density at radius 1 is 1.03 bits per heavy atom. The summed E-state index contributed by atoms with van der Waals surface area (Å²) in [7, 11) is -7.39. The highest BCUT2D eigenvalue weighted by atomic mass is 35.5. The third-order valence-electron chi connectivity index (χ3n) is 4.38. The van der Waals surface area contributed by atoms with Gasteiger partial charge in [0.15, 0.2) is 9.84 Å². The molecule has 0 radical (unpaired) electrons. The van der Waals surface area contributed by atoms with Crippen molar-refractivity contribution in [2.75, 3.05) is 11.6 Å². The Labute approximate surface area is 194 Å². The van der Waals surface area contributed by atoms with Crippen LogP contribution < -0.4 is 10.0 Å². The van der Waals surface area contributed by atoms with Gasteiger partial charge in [0.05, 0.1) is 4.90 Å². The van der Waals surface area contributed by atoms with Crippen LogP contribution in [0.15, 0.2) is 57.8 Å². The molecule has 0 unspecified atom stereocenters. The fraction of sp³-hybridized carbons (Fsp3) is 0.211. The normalized spacial score (nSPS) is 13.0. The average Bonchev–Trinajstić information content (AvgIpc) is 3.21. The fourth-order valence-electron chi connectivity index (χ4n) is 2.71. The molecule has 0 saturated carbocycles. The van der Waals surface area contributed by atoms with Crippen molar-refractivity contribution in [1.29, 1.82) is 0 Å². The number of aromatic nitrogens is 2.